The van der Waals surface area contributed by atoms with E-state index in [1.54, 1.807) is 13.1 Å². The molecule has 0 saturated heterocycles. The van der Waals surface area contributed by atoms with Crippen molar-refractivity contribution in [3.8, 4) is 0 Å². The Kier molecular flexibility index (Phi) is 6.62. The van der Waals surface area contributed by atoms with Crippen LogP contribution < -0.4 is 10.6 Å². The smallest absolute Gasteiger partial charge is 0.251 e. The number of carbonyl (C=O) groups is 1. The number of carbonyl (C=O) groups excluding carboxylic acids is 1. The van der Waals surface area contributed by atoms with Crippen LogP contribution in [-0.2, 0) is 0 Å². The highest BCUT2D eigenvalue weighted by Gasteiger charge is 2.16. The molecule has 0 spiro atoms. The van der Waals surface area contributed by atoms with Gasteiger partial charge in [0.05, 0.1) is 0 Å². The van der Waals surface area contributed by atoms with Crippen molar-refractivity contribution >= 4 is 11.7 Å². The van der Waals surface area contributed by atoms with Gasteiger partial charge < -0.3 is 15.5 Å². The first-order chi connectivity index (χ1) is 9.81. The third kappa shape index (κ3) is 6.12. The van der Waals surface area contributed by atoms with E-state index >= 15 is 0 Å². The highest BCUT2D eigenvalue weighted by molar-refractivity contribution is 5.95. The number of hydrogen-bond donors (Lipinski definition) is 2. The Morgan fingerprint density at radius 3 is 2.52 bits per heavy atom. The Morgan fingerprint density at radius 2 is 2.00 bits per heavy atom. The summed E-state index contributed by atoms with van der Waals surface area (Å²) in [6, 6.07) is 3.75. The van der Waals surface area contributed by atoms with Crippen molar-refractivity contribution in [3.63, 3.8) is 0 Å². The van der Waals surface area contributed by atoms with Crippen LogP contribution in [0.15, 0.2) is 12.1 Å². The molecule has 21 heavy (non-hydrogen) atoms. The number of hydrogen-bond acceptors (Lipinski definition) is 4. The van der Waals surface area contributed by atoms with Crippen LogP contribution in [0.5, 0.6) is 0 Å². The summed E-state index contributed by atoms with van der Waals surface area (Å²) in [5.41, 5.74) is 1.49. The minimum atomic E-state index is -0.0375. The van der Waals surface area contributed by atoms with E-state index in [0.717, 1.165) is 18.7 Å². The zero-order chi connectivity index (χ0) is 16.0. The molecule has 1 rings (SSSR count). The second-order valence-electron chi connectivity index (χ2n) is 6.19. The van der Waals surface area contributed by atoms with Gasteiger partial charge in [-0.25, -0.2) is 4.98 Å². The summed E-state index contributed by atoms with van der Waals surface area (Å²) in [6.45, 7) is 7.07. The highest BCUT2D eigenvalue weighted by atomic mass is 16.1. The summed E-state index contributed by atoms with van der Waals surface area (Å²) in [5, 5.41) is 6.12. The lowest BCUT2D eigenvalue weighted by molar-refractivity contribution is 0.0924. The van der Waals surface area contributed by atoms with Crippen molar-refractivity contribution in [2.45, 2.75) is 33.2 Å². The van der Waals surface area contributed by atoms with Gasteiger partial charge in [-0.1, -0.05) is 13.8 Å². The summed E-state index contributed by atoms with van der Waals surface area (Å²) >= 11 is 0. The van der Waals surface area contributed by atoms with E-state index in [0.29, 0.717) is 17.3 Å². The number of aromatic nitrogens is 1. The van der Waals surface area contributed by atoms with Gasteiger partial charge in [0.25, 0.3) is 5.91 Å². The van der Waals surface area contributed by atoms with Crippen LogP contribution >= 0.6 is 0 Å². The second-order valence-corrected chi connectivity index (χ2v) is 6.19. The number of aryl methyl sites for hydroxylation is 1. The first-order valence-electron chi connectivity index (χ1n) is 7.43. The fourth-order valence-corrected chi connectivity index (χ4v) is 2.39. The Balaban J connectivity index is 2.83. The molecule has 0 aliphatic carbocycles. The molecule has 1 heterocycles. The molecule has 1 aromatic rings. The van der Waals surface area contributed by atoms with Crippen molar-refractivity contribution < 1.29 is 4.79 Å². The molecule has 0 radical (unpaired) electrons. The lowest BCUT2D eigenvalue weighted by atomic mass is 10.0. The number of pyridine rings is 1. The van der Waals surface area contributed by atoms with E-state index in [-0.39, 0.29) is 11.9 Å². The van der Waals surface area contributed by atoms with Crippen LogP contribution in [0.3, 0.4) is 0 Å². The predicted octanol–water partition coefficient (Wildman–Crippen LogP) is 2.14. The molecule has 5 heteroatoms. The molecule has 1 aromatic heterocycles. The zero-order valence-corrected chi connectivity index (χ0v) is 14.0. The van der Waals surface area contributed by atoms with Crippen molar-refractivity contribution in [1.82, 2.24) is 15.2 Å². The van der Waals surface area contributed by atoms with Crippen LogP contribution in [0, 0.1) is 12.8 Å². The van der Waals surface area contributed by atoms with Crippen molar-refractivity contribution in [2.24, 2.45) is 5.92 Å². The average molecular weight is 292 g/mol. The lowest BCUT2D eigenvalue weighted by Crippen LogP contribution is -2.42. The standard InChI is InChI=1S/C16H28N4O/c1-11(2)7-14(10-20(5)6)19-16(21)13-8-12(3)18-15(9-13)17-4/h8-9,11,14H,7,10H2,1-6H3,(H,17,18)(H,19,21). The zero-order valence-electron chi connectivity index (χ0n) is 14.0. The SMILES string of the molecule is CNc1cc(C(=O)NC(CC(C)C)CN(C)C)cc(C)n1. The van der Waals surface area contributed by atoms with Crippen molar-refractivity contribution in [1.29, 1.82) is 0 Å². The third-order valence-corrected chi connectivity index (χ3v) is 3.15. The van der Waals surface area contributed by atoms with E-state index in [9.17, 15) is 4.79 Å². The summed E-state index contributed by atoms with van der Waals surface area (Å²) in [6.07, 6.45) is 0.965. The number of amides is 1. The molecular weight excluding hydrogens is 264 g/mol. The Hall–Kier alpha value is -1.62. The quantitative estimate of drug-likeness (QED) is 0.808. The van der Waals surface area contributed by atoms with Gasteiger partial charge in [0.2, 0.25) is 0 Å². The summed E-state index contributed by atoms with van der Waals surface area (Å²) < 4.78 is 0. The minimum absolute atomic E-state index is 0.0375. The molecule has 0 saturated carbocycles. The predicted molar refractivity (Wildman–Crippen MR) is 87.8 cm³/mol. The molecule has 118 valence electrons. The normalized spacial score (nSPS) is 12.6. The molecule has 0 aliphatic heterocycles. The molecule has 5 nitrogen and oxygen atoms in total. The summed E-state index contributed by atoms with van der Waals surface area (Å²) in [7, 11) is 5.85. The van der Waals surface area contributed by atoms with E-state index in [1.165, 1.54) is 0 Å². The monoisotopic (exact) mass is 292 g/mol. The van der Waals surface area contributed by atoms with Gasteiger partial charge >= 0.3 is 0 Å². The molecule has 2 N–H and O–H groups in total. The first-order valence-corrected chi connectivity index (χ1v) is 7.43. The van der Waals surface area contributed by atoms with Crippen molar-refractivity contribution in [3.05, 3.63) is 23.4 Å². The number of anilines is 1. The Labute approximate surface area is 128 Å². The summed E-state index contributed by atoms with van der Waals surface area (Å²) in [4.78, 5) is 18.9. The maximum absolute atomic E-state index is 12.5. The number of likely N-dealkylation sites (N-methyl/N-ethyl adjacent to an activating group) is 1. The minimum Gasteiger partial charge on any atom is -0.373 e. The highest BCUT2D eigenvalue weighted by Crippen LogP contribution is 2.11. The van der Waals surface area contributed by atoms with E-state index in [4.69, 9.17) is 0 Å². The van der Waals surface area contributed by atoms with Gasteiger partial charge in [0, 0.05) is 30.9 Å². The van der Waals surface area contributed by atoms with Crippen LogP contribution in [-0.4, -0.2) is 49.5 Å². The van der Waals surface area contributed by atoms with E-state index < -0.39 is 0 Å². The Morgan fingerprint density at radius 1 is 1.33 bits per heavy atom. The van der Waals surface area contributed by atoms with Gasteiger partial charge in [0.15, 0.2) is 0 Å². The average Bonchev–Trinajstić information content (AvgIpc) is 2.36. The van der Waals surface area contributed by atoms with Gasteiger partial charge in [-0.05, 0) is 45.5 Å². The van der Waals surface area contributed by atoms with Crippen LogP contribution in [0.1, 0.15) is 36.3 Å². The van der Waals surface area contributed by atoms with Gasteiger partial charge in [-0.15, -0.1) is 0 Å². The molecule has 1 unspecified atom stereocenters. The van der Waals surface area contributed by atoms with E-state index in [2.05, 4.69) is 34.4 Å². The first kappa shape index (κ1) is 17.4. The molecule has 0 aromatic carbocycles. The number of nitrogens with zero attached hydrogens (tertiary/aromatic N) is 2. The van der Waals surface area contributed by atoms with Crippen LogP contribution in [0.4, 0.5) is 5.82 Å². The lowest BCUT2D eigenvalue weighted by Gasteiger charge is -2.24. The van der Waals surface area contributed by atoms with Gasteiger partial charge in [-0.2, -0.15) is 0 Å². The molecule has 0 fully saturated rings. The largest absolute Gasteiger partial charge is 0.373 e. The molecule has 1 atom stereocenters. The van der Waals surface area contributed by atoms with Crippen molar-refractivity contribution in [2.75, 3.05) is 33.0 Å². The second kappa shape index (κ2) is 7.98. The number of rotatable bonds is 7. The van der Waals surface area contributed by atoms with Gasteiger partial charge in [0.1, 0.15) is 5.82 Å². The maximum Gasteiger partial charge on any atom is 0.251 e. The Bertz CT molecular complexity index is 461. The molecule has 0 bridgehead atoms. The fourth-order valence-electron chi connectivity index (χ4n) is 2.39. The molecular formula is C16H28N4O. The molecule has 1 amide bonds. The van der Waals surface area contributed by atoms with Crippen LogP contribution in [0.2, 0.25) is 0 Å². The topological polar surface area (TPSA) is 57.3 Å². The van der Waals surface area contributed by atoms with Gasteiger partial charge in [-0.3, -0.25) is 4.79 Å². The maximum atomic E-state index is 12.5. The molecule has 0 aliphatic rings. The van der Waals surface area contributed by atoms with Crippen LogP contribution in [0.25, 0.3) is 0 Å². The fraction of sp³-hybridized carbons (Fsp3) is 0.625. The number of nitrogens with one attached hydrogen (secondary N) is 2. The van der Waals surface area contributed by atoms with E-state index in [1.807, 2.05) is 27.1 Å². The summed E-state index contributed by atoms with van der Waals surface area (Å²) in [5.74, 6) is 1.22. The third-order valence-electron chi connectivity index (χ3n) is 3.15.